The standard InChI is InChI=1S/C13H14ClN5O/c1-3-6-15-13-18-12(8-16-19-13)17-9-4-5-11(20-2)10(14)7-9/h3-5,7-8H,1,6H2,2H3,(H2,15,17,18,19). The predicted octanol–water partition coefficient (Wildman–Crippen LogP) is 2.88. The lowest BCUT2D eigenvalue weighted by molar-refractivity contribution is 0.415. The van der Waals surface area contributed by atoms with E-state index in [9.17, 15) is 0 Å². The number of halogens is 1. The maximum atomic E-state index is 6.06. The molecular weight excluding hydrogens is 278 g/mol. The van der Waals surface area contributed by atoms with Gasteiger partial charge >= 0.3 is 0 Å². The van der Waals surface area contributed by atoms with Crippen LogP contribution < -0.4 is 15.4 Å². The van der Waals surface area contributed by atoms with Crippen molar-refractivity contribution >= 4 is 29.1 Å². The minimum Gasteiger partial charge on any atom is -0.495 e. The van der Waals surface area contributed by atoms with Crippen molar-refractivity contribution in [2.75, 3.05) is 24.3 Å². The van der Waals surface area contributed by atoms with Crippen LogP contribution in [0.5, 0.6) is 5.75 Å². The van der Waals surface area contributed by atoms with Crippen LogP contribution in [-0.4, -0.2) is 28.8 Å². The maximum Gasteiger partial charge on any atom is 0.244 e. The van der Waals surface area contributed by atoms with Gasteiger partial charge in [-0.2, -0.15) is 10.1 Å². The highest BCUT2D eigenvalue weighted by molar-refractivity contribution is 6.32. The van der Waals surface area contributed by atoms with Gasteiger partial charge in [-0.05, 0) is 18.2 Å². The highest BCUT2D eigenvalue weighted by Crippen LogP contribution is 2.28. The van der Waals surface area contributed by atoms with Crippen LogP contribution in [0.2, 0.25) is 5.02 Å². The zero-order valence-electron chi connectivity index (χ0n) is 10.9. The van der Waals surface area contributed by atoms with Crippen LogP contribution in [0.1, 0.15) is 0 Å². The van der Waals surface area contributed by atoms with E-state index in [1.54, 1.807) is 25.3 Å². The maximum absolute atomic E-state index is 6.06. The lowest BCUT2D eigenvalue weighted by atomic mass is 10.3. The van der Waals surface area contributed by atoms with Gasteiger partial charge < -0.3 is 15.4 Å². The summed E-state index contributed by atoms with van der Waals surface area (Å²) < 4.78 is 5.10. The molecule has 104 valence electrons. The zero-order valence-corrected chi connectivity index (χ0v) is 11.7. The highest BCUT2D eigenvalue weighted by Gasteiger charge is 2.04. The molecule has 7 heteroatoms. The second-order valence-electron chi connectivity index (χ2n) is 3.81. The van der Waals surface area contributed by atoms with Crippen LogP contribution in [0, 0.1) is 0 Å². The summed E-state index contributed by atoms with van der Waals surface area (Å²) in [5.41, 5.74) is 0.783. The predicted molar refractivity (Wildman–Crippen MR) is 79.8 cm³/mol. The fourth-order valence-electron chi connectivity index (χ4n) is 1.49. The van der Waals surface area contributed by atoms with Gasteiger partial charge in [0.15, 0.2) is 5.82 Å². The third-order valence-electron chi connectivity index (χ3n) is 2.39. The Morgan fingerprint density at radius 1 is 1.45 bits per heavy atom. The van der Waals surface area contributed by atoms with Crippen LogP contribution in [-0.2, 0) is 0 Å². The molecule has 0 amide bonds. The Hall–Kier alpha value is -2.34. The largest absolute Gasteiger partial charge is 0.495 e. The molecule has 0 aliphatic carbocycles. The number of benzene rings is 1. The molecule has 0 saturated carbocycles. The van der Waals surface area contributed by atoms with Crippen molar-refractivity contribution in [2.45, 2.75) is 0 Å². The Kier molecular flexibility index (Phi) is 4.73. The molecule has 0 atom stereocenters. The van der Waals surface area contributed by atoms with E-state index in [1.807, 2.05) is 6.07 Å². The van der Waals surface area contributed by atoms with Crippen LogP contribution >= 0.6 is 11.6 Å². The number of anilines is 3. The summed E-state index contributed by atoms with van der Waals surface area (Å²) in [5, 5.41) is 14.3. The molecule has 0 radical (unpaired) electrons. The van der Waals surface area contributed by atoms with E-state index < -0.39 is 0 Å². The summed E-state index contributed by atoms with van der Waals surface area (Å²) >= 11 is 6.06. The molecule has 1 aromatic carbocycles. The molecule has 0 saturated heterocycles. The Morgan fingerprint density at radius 2 is 2.30 bits per heavy atom. The fourth-order valence-corrected chi connectivity index (χ4v) is 1.75. The number of nitrogens with zero attached hydrogens (tertiary/aromatic N) is 3. The molecular formula is C13H14ClN5O. The van der Waals surface area contributed by atoms with Gasteiger partial charge in [0.1, 0.15) is 5.75 Å². The van der Waals surface area contributed by atoms with E-state index in [2.05, 4.69) is 32.4 Å². The summed E-state index contributed by atoms with van der Waals surface area (Å²) in [7, 11) is 1.57. The van der Waals surface area contributed by atoms with Crippen molar-refractivity contribution in [3.63, 3.8) is 0 Å². The number of hydrogen-bond donors (Lipinski definition) is 2. The molecule has 2 aromatic rings. The van der Waals surface area contributed by atoms with E-state index in [0.29, 0.717) is 29.1 Å². The van der Waals surface area contributed by atoms with Crippen LogP contribution in [0.4, 0.5) is 17.5 Å². The van der Waals surface area contributed by atoms with Crippen LogP contribution in [0.25, 0.3) is 0 Å². The third-order valence-corrected chi connectivity index (χ3v) is 2.68. The van der Waals surface area contributed by atoms with Crippen molar-refractivity contribution in [2.24, 2.45) is 0 Å². The van der Waals surface area contributed by atoms with E-state index in [1.165, 1.54) is 6.20 Å². The summed E-state index contributed by atoms with van der Waals surface area (Å²) in [5.74, 6) is 1.61. The number of hydrogen-bond acceptors (Lipinski definition) is 6. The molecule has 1 heterocycles. The fraction of sp³-hybridized carbons (Fsp3) is 0.154. The molecule has 20 heavy (non-hydrogen) atoms. The molecule has 2 N–H and O–H groups in total. The average Bonchev–Trinajstić information content (AvgIpc) is 2.46. The van der Waals surface area contributed by atoms with Gasteiger partial charge in [-0.3, -0.25) is 0 Å². The zero-order chi connectivity index (χ0) is 14.4. The molecule has 0 unspecified atom stereocenters. The Morgan fingerprint density at radius 3 is 3.00 bits per heavy atom. The van der Waals surface area contributed by atoms with E-state index in [0.717, 1.165) is 5.69 Å². The number of ether oxygens (including phenoxy) is 1. The first kappa shape index (κ1) is 14.1. The number of methoxy groups -OCH3 is 1. The lowest BCUT2D eigenvalue weighted by Gasteiger charge is -2.08. The van der Waals surface area contributed by atoms with Crippen LogP contribution in [0.3, 0.4) is 0 Å². The Bertz CT molecular complexity index is 605. The number of nitrogens with one attached hydrogen (secondary N) is 2. The second-order valence-corrected chi connectivity index (χ2v) is 4.22. The van der Waals surface area contributed by atoms with Crippen molar-refractivity contribution in [3.05, 3.63) is 42.1 Å². The molecule has 6 nitrogen and oxygen atoms in total. The highest BCUT2D eigenvalue weighted by atomic mass is 35.5. The molecule has 0 aliphatic heterocycles. The lowest BCUT2D eigenvalue weighted by Crippen LogP contribution is -2.05. The Balaban J connectivity index is 2.13. The normalized spacial score (nSPS) is 9.90. The van der Waals surface area contributed by atoms with Crippen molar-refractivity contribution in [1.29, 1.82) is 0 Å². The second kappa shape index (κ2) is 6.72. The smallest absolute Gasteiger partial charge is 0.244 e. The molecule has 0 aliphatic rings. The first-order valence-electron chi connectivity index (χ1n) is 5.88. The van der Waals surface area contributed by atoms with Gasteiger partial charge in [-0.15, -0.1) is 11.7 Å². The summed E-state index contributed by atoms with van der Waals surface area (Å²) in [6.45, 7) is 4.18. The van der Waals surface area contributed by atoms with Crippen LogP contribution in [0.15, 0.2) is 37.1 Å². The summed E-state index contributed by atoms with van der Waals surface area (Å²) in [4.78, 5) is 4.26. The van der Waals surface area contributed by atoms with Gasteiger partial charge in [-0.25, -0.2) is 0 Å². The van der Waals surface area contributed by atoms with Gasteiger partial charge in [-0.1, -0.05) is 17.7 Å². The van der Waals surface area contributed by atoms with Crippen molar-refractivity contribution < 1.29 is 4.74 Å². The van der Waals surface area contributed by atoms with Gasteiger partial charge in [0.25, 0.3) is 0 Å². The summed E-state index contributed by atoms with van der Waals surface area (Å²) in [6.07, 6.45) is 3.24. The molecule has 0 spiro atoms. The molecule has 2 rings (SSSR count). The first-order chi connectivity index (χ1) is 9.72. The molecule has 0 bridgehead atoms. The summed E-state index contributed by atoms with van der Waals surface area (Å²) in [6, 6.07) is 5.36. The minimum absolute atomic E-state index is 0.425. The van der Waals surface area contributed by atoms with E-state index in [4.69, 9.17) is 16.3 Å². The van der Waals surface area contributed by atoms with Crippen molar-refractivity contribution in [1.82, 2.24) is 15.2 Å². The van der Waals surface area contributed by atoms with Gasteiger partial charge in [0, 0.05) is 12.2 Å². The number of rotatable bonds is 6. The Labute approximate surface area is 121 Å². The SMILES string of the molecule is C=CCNc1nncc(Nc2ccc(OC)c(Cl)c2)n1. The molecule has 0 fully saturated rings. The third kappa shape index (κ3) is 3.58. The monoisotopic (exact) mass is 291 g/mol. The quantitative estimate of drug-likeness (QED) is 0.797. The average molecular weight is 292 g/mol. The number of aromatic nitrogens is 3. The first-order valence-corrected chi connectivity index (χ1v) is 6.26. The van der Waals surface area contributed by atoms with E-state index in [-0.39, 0.29) is 0 Å². The minimum atomic E-state index is 0.425. The van der Waals surface area contributed by atoms with Crippen molar-refractivity contribution in [3.8, 4) is 5.75 Å². The van der Waals surface area contributed by atoms with Gasteiger partial charge in [0.05, 0.1) is 18.3 Å². The van der Waals surface area contributed by atoms with Gasteiger partial charge in [0.2, 0.25) is 5.95 Å². The topological polar surface area (TPSA) is 72.0 Å². The molecule has 1 aromatic heterocycles. The van der Waals surface area contributed by atoms with E-state index >= 15 is 0 Å².